The summed E-state index contributed by atoms with van der Waals surface area (Å²) in [5, 5.41) is 0.680. The minimum atomic E-state index is -0.394. The van der Waals surface area contributed by atoms with Crippen molar-refractivity contribution in [2.75, 3.05) is 6.54 Å². The molecule has 0 bridgehead atoms. The highest BCUT2D eigenvalue weighted by Crippen LogP contribution is 2.25. The Kier molecular flexibility index (Phi) is 5.72. The number of fused-ring (bicyclic) bond motifs is 1. The summed E-state index contributed by atoms with van der Waals surface area (Å²) in [6, 6.07) is 17.4. The van der Waals surface area contributed by atoms with Gasteiger partial charge in [-0.1, -0.05) is 59.6 Å². The normalized spacial score (nSPS) is 12.8. The van der Waals surface area contributed by atoms with Crippen LogP contribution in [0.2, 0.25) is 10.0 Å². The minimum Gasteiger partial charge on any atom is -0.294 e. The molecule has 1 heterocycles. The Morgan fingerprint density at radius 3 is 1.94 bits per heavy atom. The molecular formula is C24H15Cl2NO4. The van der Waals surface area contributed by atoms with E-state index in [9.17, 15) is 19.2 Å². The molecule has 4 rings (SSSR count). The fraction of sp³-hybridized carbons (Fsp3) is 0.0833. The SMILES string of the molecule is O=C(CCN1C(=O)c2ccccc2C1=O)c1ccc(C(=O)c2ccc(Cl)cc2Cl)cc1. The first-order chi connectivity index (χ1) is 14.9. The van der Waals surface area contributed by atoms with Crippen LogP contribution in [0, 0.1) is 0 Å². The molecule has 154 valence electrons. The van der Waals surface area contributed by atoms with Gasteiger partial charge in [0.15, 0.2) is 11.6 Å². The van der Waals surface area contributed by atoms with Gasteiger partial charge < -0.3 is 0 Å². The number of nitrogens with zero attached hydrogens (tertiary/aromatic N) is 1. The van der Waals surface area contributed by atoms with E-state index in [-0.39, 0.29) is 29.6 Å². The first kappa shape index (κ1) is 21.0. The van der Waals surface area contributed by atoms with Crippen LogP contribution in [0.15, 0.2) is 66.7 Å². The van der Waals surface area contributed by atoms with Crippen molar-refractivity contribution < 1.29 is 19.2 Å². The molecule has 3 aromatic carbocycles. The number of ketones is 2. The summed E-state index contributed by atoms with van der Waals surface area (Å²) in [5.74, 6) is -1.31. The van der Waals surface area contributed by atoms with E-state index in [1.165, 1.54) is 6.07 Å². The second kappa shape index (κ2) is 8.46. The van der Waals surface area contributed by atoms with Gasteiger partial charge in [-0.15, -0.1) is 0 Å². The third-order valence-corrected chi connectivity index (χ3v) is 5.63. The van der Waals surface area contributed by atoms with Gasteiger partial charge in [-0.2, -0.15) is 0 Å². The highest BCUT2D eigenvalue weighted by molar-refractivity contribution is 6.37. The van der Waals surface area contributed by atoms with E-state index in [1.807, 2.05) is 0 Å². The van der Waals surface area contributed by atoms with Crippen molar-refractivity contribution in [2.24, 2.45) is 0 Å². The van der Waals surface area contributed by atoms with Gasteiger partial charge in [-0.25, -0.2) is 0 Å². The van der Waals surface area contributed by atoms with E-state index in [0.717, 1.165) is 4.90 Å². The number of carbonyl (C=O) groups is 4. The molecule has 5 nitrogen and oxygen atoms in total. The molecule has 31 heavy (non-hydrogen) atoms. The largest absolute Gasteiger partial charge is 0.294 e. The first-order valence-electron chi connectivity index (χ1n) is 9.45. The summed E-state index contributed by atoms with van der Waals surface area (Å²) in [4.78, 5) is 51.1. The van der Waals surface area contributed by atoms with E-state index < -0.39 is 11.8 Å². The smallest absolute Gasteiger partial charge is 0.261 e. The van der Waals surface area contributed by atoms with E-state index in [2.05, 4.69) is 0 Å². The summed E-state index contributed by atoms with van der Waals surface area (Å²) in [5.41, 5.74) is 1.78. The molecule has 0 saturated heterocycles. The van der Waals surface area contributed by atoms with E-state index in [4.69, 9.17) is 23.2 Å². The van der Waals surface area contributed by atoms with Crippen LogP contribution in [0.25, 0.3) is 0 Å². The van der Waals surface area contributed by atoms with Gasteiger partial charge in [0.05, 0.1) is 16.1 Å². The average molecular weight is 452 g/mol. The lowest BCUT2D eigenvalue weighted by Crippen LogP contribution is -2.31. The Morgan fingerprint density at radius 2 is 1.35 bits per heavy atom. The number of hydrogen-bond acceptors (Lipinski definition) is 4. The Bertz CT molecular complexity index is 1200. The molecule has 7 heteroatoms. The molecule has 0 unspecified atom stereocenters. The van der Waals surface area contributed by atoms with E-state index >= 15 is 0 Å². The van der Waals surface area contributed by atoms with Crippen molar-refractivity contribution in [1.29, 1.82) is 0 Å². The molecule has 0 N–H and O–H groups in total. The highest BCUT2D eigenvalue weighted by atomic mass is 35.5. The molecular weight excluding hydrogens is 437 g/mol. The van der Waals surface area contributed by atoms with Crippen molar-refractivity contribution in [1.82, 2.24) is 4.90 Å². The highest BCUT2D eigenvalue weighted by Gasteiger charge is 2.35. The van der Waals surface area contributed by atoms with Crippen molar-refractivity contribution in [3.63, 3.8) is 0 Å². The number of halogens is 2. The zero-order chi connectivity index (χ0) is 22.1. The molecule has 3 aromatic rings. The summed E-state index contributed by atoms with van der Waals surface area (Å²) >= 11 is 12.0. The number of benzene rings is 3. The number of hydrogen-bond donors (Lipinski definition) is 0. The van der Waals surface area contributed by atoms with Crippen molar-refractivity contribution in [3.05, 3.63) is 105 Å². The van der Waals surface area contributed by atoms with Crippen molar-refractivity contribution >= 4 is 46.6 Å². The van der Waals surface area contributed by atoms with Crippen LogP contribution in [0.5, 0.6) is 0 Å². The maximum absolute atomic E-state index is 12.6. The zero-order valence-corrected chi connectivity index (χ0v) is 17.6. The van der Waals surface area contributed by atoms with Gasteiger partial charge in [-0.05, 0) is 30.3 Å². The predicted octanol–water partition coefficient (Wildman–Crippen LogP) is 5.09. The summed E-state index contributed by atoms with van der Waals surface area (Å²) < 4.78 is 0. The summed E-state index contributed by atoms with van der Waals surface area (Å²) in [7, 11) is 0. The Hall–Kier alpha value is -3.28. The average Bonchev–Trinajstić information content (AvgIpc) is 3.02. The van der Waals surface area contributed by atoms with Gasteiger partial charge in [0, 0.05) is 34.7 Å². The first-order valence-corrected chi connectivity index (χ1v) is 10.2. The zero-order valence-electron chi connectivity index (χ0n) is 16.1. The Labute approximate surface area is 188 Å². The monoisotopic (exact) mass is 451 g/mol. The minimum absolute atomic E-state index is 0.00769. The van der Waals surface area contributed by atoms with Crippen LogP contribution in [-0.4, -0.2) is 34.8 Å². The molecule has 1 aliphatic rings. The molecule has 0 aromatic heterocycles. The fourth-order valence-electron chi connectivity index (χ4n) is 3.44. The lowest BCUT2D eigenvalue weighted by molar-refractivity contribution is 0.0649. The molecule has 0 aliphatic carbocycles. The van der Waals surface area contributed by atoms with Crippen LogP contribution in [0.1, 0.15) is 53.4 Å². The Morgan fingerprint density at radius 1 is 0.774 bits per heavy atom. The lowest BCUT2D eigenvalue weighted by Gasteiger charge is -2.13. The van der Waals surface area contributed by atoms with E-state index in [1.54, 1.807) is 60.7 Å². The molecule has 0 atom stereocenters. The van der Waals surface area contributed by atoms with Gasteiger partial charge in [0.2, 0.25) is 0 Å². The topological polar surface area (TPSA) is 71.5 Å². The Balaban J connectivity index is 1.43. The summed E-state index contributed by atoms with van der Waals surface area (Å²) in [6.07, 6.45) is -0.0121. The molecule has 1 aliphatic heterocycles. The summed E-state index contributed by atoms with van der Waals surface area (Å²) in [6.45, 7) is -0.00769. The lowest BCUT2D eigenvalue weighted by atomic mass is 10.00. The molecule has 0 saturated carbocycles. The van der Waals surface area contributed by atoms with Gasteiger partial charge >= 0.3 is 0 Å². The van der Waals surface area contributed by atoms with Crippen LogP contribution in [-0.2, 0) is 0 Å². The molecule has 2 amide bonds. The number of imide groups is 1. The number of rotatable bonds is 6. The van der Waals surface area contributed by atoms with Crippen LogP contribution in [0.4, 0.5) is 0 Å². The number of carbonyl (C=O) groups excluding carboxylic acids is 4. The fourth-order valence-corrected chi connectivity index (χ4v) is 3.93. The quantitative estimate of drug-likeness (QED) is 0.386. The standard InChI is InChI=1S/C24H15Cl2NO4/c25-16-9-10-19(20(26)13-16)22(29)15-7-5-14(6-8-15)21(28)11-12-27-23(30)17-3-1-2-4-18(17)24(27)31/h1-10,13H,11-12H2. The molecule has 0 spiro atoms. The predicted molar refractivity (Wildman–Crippen MR) is 117 cm³/mol. The molecule has 0 fully saturated rings. The third kappa shape index (κ3) is 4.02. The second-order valence-electron chi connectivity index (χ2n) is 7.01. The second-order valence-corrected chi connectivity index (χ2v) is 7.85. The van der Waals surface area contributed by atoms with Gasteiger partial charge in [0.25, 0.3) is 11.8 Å². The maximum Gasteiger partial charge on any atom is 0.261 e. The van der Waals surface area contributed by atoms with Crippen molar-refractivity contribution in [2.45, 2.75) is 6.42 Å². The number of Topliss-reactive ketones (excluding diaryl/α,β-unsaturated/α-hetero) is 1. The van der Waals surface area contributed by atoms with E-state index in [0.29, 0.717) is 32.8 Å². The maximum atomic E-state index is 12.6. The molecule has 0 radical (unpaired) electrons. The van der Waals surface area contributed by atoms with Crippen LogP contribution >= 0.6 is 23.2 Å². The van der Waals surface area contributed by atoms with Gasteiger partial charge in [-0.3, -0.25) is 24.1 Å². The number of amides is 2. The van der Waals surface area contributed by atoms with Gasteiger partial charge in [0.1, 0.15) is 0 Å². The van der Waals surface area contributed by atoms with Crippen LogP contribution < -0.4 is 0 Å². The van der Waals surface area contributed by atoms with Crippen LogP contribution in [0.3, 0.4) is 0 Å². The third-order valence-electron chi connectivity index (χ3n) is 5.09. The van der Waals surface area contributed by atoms with Crippen molar-refractivity contribution in [3.8, 4) is 0 Å².